The third-order valence-corrected chi connectivity index (χ3v) is 6.43. The van der Waals surface area contributed by atoms with Crippen molar-refractivity contribution >= 4 is 56.2 Å². The number of carbonyl (C=O) groups excluding carboxylic acids is 1. The Hall–Kier alpha value is -2.75. The number of aromatic nitrogens is 1. The van der Waals surface area contributed by atoms with Crippen molar-refractivity contribution in [1.82, 2.24) is 9.47 Å². The molecule has 1 aromatic heterocycles. The fraction of sp³-hybridized carbons (Fsp3) is 0.385. The lowest BCUT2D eigenvalue weighted by molar-refractivity contribution is -0.122. The first-order valence-electron chi connectivity index (χ1n) is 12.0. The van der Waals surface area contributed by atoms with Crippen LogP contribution < -0.4 is 0 Å². The van der Waals surface area contributed by atoms with E-state index in [2.05, 4.69) is 50.1 Å². The molecule has 0 radical (unpaired) electrons. The summed E-state index contributed by atoms with van der Waals surface area (Å²) in [6, 6.07) is 12.8. The summed E-state index contributed by atoms with van der Waals surface area (Å²) in [5.74, 6) is -0.663. The Morgan fingerprint density at radius 2 is 1.89 bits per heavy atom. The molecule has 0 atom stereocenters. The van der Waals surface area contributed by atoms with Gasteiger partial charge in [-0.1, -0.05) is 77.6 Å². The van der Waals surface area contributed by atoms with Gasteiger partial charge in [-0.2, -0.15) is 0 Å². The van der Waals surface area contributed by atoms with Crippen LogP contribution in [0.3, 0.4) is 0 Å². The number of rotatable bonds is 13. The number of azo groups is 1. The molecule has 0 saturated carbocycles. The van der Waals surface area contributed by atoms with Gasteiger partial charge in [0.1, 0.15) is 0 Å². The predicted molar refractivity (Wildman–Crippen MR) is 147 cm³/mol. The monoisotopic (exact) mass is 575 g/mol. The zero-order chi connectivity index (χ0) is 25.9. The summed E-state index contributed by atoms with van der Waals surface area (Å²) in [6.07, 6.45) is 5.77. The molecule has 0 spiro atoms. The molecule has 0 fully saturated rings. The number of benzene rings is 2. The van der Waals surface area contributed by atoms with E-state index in [0.29, 0.717) is 22.6 Å². The second-order valence-electron chi connectivity index (χ2n) is 8.35. The van der Waals surface area contributed by atoms with Crippen molar-refractivity contribution in [2.24, 2.45) is 15.4 Å². The first kappa shape index (κ1) is 27.8. The molecule has 3 rings (SSSR count). The van der Waals surface area contributed by atoms with Gasteiger partial charge in [0.2, 0.25) is 5.88 Å². The minimum atomic E-state index is -0.630. The van der Waals surface area contributed by atoms with Crippen LogP contribution in [0.2, 0.25) is 5.02 Å². The van der Waals surface area contributed by atoms with Crippen LogP contribution in [0.4, 0.5) is 5.69 Å². The summed E-state index contributed by atoms with van der Waals surface area (Å²) in [4.78, 5) is 19.6. The third-order valence-electron chi connectivity index (χ3n) is 5.59. The molecule has 1 amide bonds. The highest BCUT2D eigenvalue weighted by atomic mass is 79.9. The van der Waals surface area contributed by atoms with E-state index in [0.717, 1.165) is 48.8 Å². The maximum atomic E-state index is 12.2. The number of amides is 1. The lowest BCUT2D eigenvalue weighted by Crippen LogP contribution is -2.28. The van der Waals surface area contributed by atoms with E-state index < -0.39 is 12.5 Å². The van der Waals surface area contributed by atoms with E-state index in [1.165, 1.54) is 6.21 Å². The number of hydrogen-bond acceptors (Lipinski definition) is 6. The molecule has 10 heteroatoms. The molecule has 0 aliphatic carbocycles. The number of oxime groups is 1. The van der Waals surface area contributed by atoms with Gasteiger partial charge in [0.15, 0.2) is 12.3 Å². The van der Waals surface area contributed by atoms with Crippen LogP contribution in [-0.2, 0) is 16.3 Å². The summed E-state index contributed by atoms with van der Waals surface area (Å²) in [6.45, 7) is 6.34. The smallest absolute Gasteiger partial charge is 0.304 e. The standard InChI is InChI=1S/C26H31BrClN5O3/c1-3-5-13-32(14-6-4-2)18-33-23-12-11-20(27)15-21(23)25(26(33)35)31-30-24(34)17-36-29-16-19-9-7-8-10-22(19)28/h7-12,15-16,35H,3-6,13-14,17-18H2,1-2H3/b29-16-,31-30?. The van der Waals surface area contributed by atoms with Crippen LogP contribution in [-0.4, -0.2) is 46.4 Å². The molecule has 0 aliphatic rings. The Balaban J connectivity index is 1.76. The molecule has 0 aliphatic heterocycles. The first-order chi connectivity index (χ1) is 17.4. The Kier molecular flexibility index (Phi) is 10.9. The molecule has 8 nitrogen and oxygen atoms in total. The number of nitrogens with zero attached hydrogens (tertiary/aromatic N) is 5. The number of hydrogen-bond donors (Lipinski definition) is 1. The molecule has 36 heavy (non-hydrogen) atoms. The summed E-state index contributed by atoms with van der Waals surface area (Å²) in [5.41, 5.74) is 1.73. The van der Waals surface area contributed by atoms with Gasteiger partial charge in [0.05, 0.1) is 18.4 Å². The van der Waals surface area contributed by atoms with Gasteiger partial charge in [-0.05, 0) is 50.2 Å². The zero-order valence-electron chi connectivity index (χ0n) is 20.5. The summed E-state index contributed by atoms with van der Waals surface area (Å²) >= 11 is 9.54. The van der Waals surface area contributed by atoms with Crippen LogP contribution in [0.1, 0.15) is 45.1 Å². The first-order valence-corrected chi connectivity index (χ1v) is 13.2. The van der Waals surface area contributed by atoms with Crippen molar-refractivity contribution < 1.29 is 14.7 Å². The molecular formula is C26H31BrClN5O3. The Morgan fingerprint density at radius 1 is 1.17 bits per heavy atom. The van der Waals surface area contributed by atoms with Crippen molar-refractivity contribution in [3.05, 3.63) is 57.5 Å². The van der Waals surface area contributed by atoms with Gasteiger partial charge in [0.25, 0.3) is 0 Å². The minimum absolute atomic E-state index is 0.0321. The summed E-state index contributed by atoms with van der Waals surface area (Å²) in [7, 11) is 0. The average Bonchev–Trinajstić information content (AvgIpc) is 3.12. The summed E-state index contributed by atoms with van der Waals surface area (Å²) in [5, 5.41) is 23.9. The van der Waals surface area contributed by atoms with Gasteiger partial charge in [-0.3, -0.25) is 14.3 Å². The highest BCUT2D eigenvalue weighted by Gasteiger charge is 2.19. The van der Waals surface area contributed by atoms with Crippen molar-refractivity contribution in [2.45, 2.75) is 46.2 Å². The lowest BCUT2D eigenvalue weighted by Gasteiger charge is -2.23. The van der Waals surface area contributed by atoms with Crippen molar-refractivity contribution in [1.29, 1.82) is 0 Å². The quantitative estimate of drug-likeness (QED) is 0.131. The van der Waals surface area contributed by atoms with E-state index in [1.807, 2.05) is 34.9 Å². The van der Waals surface area contributed by atoms with Gasteiger partial charge in [-0.15, -0.1) is 10.2 Å². The highest BCUT2D eigenvalue weighted by molar-refractivity contribution is 9.10. The van der Waals surface area contributed by atoms with E-state index in [9.17, 15) is 9.90 Å². The number of carbonyl (C=O) groups is 1. The molecule has 1 heterocycles. The minimum Gasteiger partial charge on any atom is -0.493 e. The van der Waals surface area contributed by atoms with E-state index in [-0.39, 0.29) is 11.6 Å². The van der Waals surface area contributed by atoms with Crippen LogP contribution in [0.15, 0.2) is 62.3 Å². The van der Waals surface area contributed by atoms with Gasteiger partial charge in [0, 0.05) is 20.4 Å². The summed E-state index contributed by atoms with van der Waals surface area (Å²) < 4.78 is 2.65. The maximum absolute atomic E-state index is 12.2. The number of fused-ring (bicyclic) bond motifs is 1. The molecule has 192 valence electrons. The van der Waals surface area contributed by atoms with Gasteiger partial charge in [-0.25, -0.2) is 0 Å². The van der Waals surface area contributed by atoms with Crippen LogP contribution in [0.5, 0.6) is 5.88 Å². The molecule has 3 aromatic rings. The molecule has 0 bridgehead atoms. The van der Waals surface area contributed by atoms with E-state index >= 15 is 0 Å². The fourth-order valence-electron chi connectivity index (χ4n) is 3.66. The largest absolute Gasteiger partial charge is 0.493 e. The molecule has 0 saturated heterocycles. The Morgan fingerprint density at radius 3 is 2.58 bits per heavy atom. The van der Waals surface area contributed by atoms with E-state index in [4.69, 9.17) is 16.4 Å². The molecule has 1 N–H and O–H groups in total. The predicted octanol–water partition coefficient (Wildman–Crippen LogP) is 7.28. The lowest BCUT2D eigenvalue weighted by atomic mass is 10.2. The number of halogens is 2. The van der Waals surface area contributed by atoms with E-state index in [1.54, 1.807) is 12.1 Å². The molecule has 0 unspecified atom stereocenters. The van der Waals surface area contributed by atoms with Gasteiger partial charge >= 0.3 is 5.91 Å². The van der Waals surface area contributed by atoms with Crippen LogP contribution >= 0.6 is 27.5 Å². The molecule has 2 aromatic carbocycles. The average molecular weight is 577 g/mol. The van der Waals surface area contributed by atoms with Gasteiger partial charge < -0.3 is 9.94 Å². The maximum Gasteiger partial charge on any atom is 0.304 e. The molecular weight excluding hydrogens is 546 g/mol. The highest BCUT2D eigenvalue weighted by Crippen LogP contribution is 2.40. The Labute approximate surface area is 224 Å². The third kappa shape index (κ3) is 7.62. The zero-order valence-corrected chi connectivity index (χ0v) is 22.9. The van der Waals surface area contributed by atoms with Crippen molar-refractivity contribution in [3.8, 4) is 5.88 Å². The number of unbranched alkanes of at least 4 members (excludes halogenated alkanes) is 2. The number of aromatic hydroxyl groups is 1. The van der Waals surface area contributed by atoms with Crippen LogP contribution in [0, 0.1) is 0 Å². The van der Waals surface area contributed by atoms with Crippen molar-refractivity contribution in [3.63, 3.8) is 0 Å². The second-order valence-corrected chi connectivity index (χ2v) is 9.67. The van der Waals surface area contributed by atoms with Crippen molar-refractivity contribution in [2.75, 3.05) is 19.7 Å². The topological polar surface area (TPSA) is 91.8 Å². The normalized spacial score (nSPS) is 11.9. The second kappa shape index (κ2) is 14.1. The fourth-order valence-corrected chi connectivity index (χ4v) is 4.20. The SMILES string of the molecule is CCCCN(CCCC)Cn1c(O)c(N=NC(=O)CO/N=C\c2ccccc2Cl)c2cc(Br)ccc21. The van der Waals surface area contributed by atoms with Crippen LogP contribution in [0.25, 0.3) is 10.9 Å². The Bertz CT molecular complexity index is 1220.